The van der Waals surface area contributed by atoms with E-state index in [1.165, 1.54) is 31.0 Å². The van der Waals surface area contributed by atoms with Crippen LogP contribution >= 0.6 is 0 Å². The third kappa shape index (κ3) is 4.02. The smallest absolute Gasteiger partial charge is 0.240 e. The summed E-state index contributed by atoms with van der Waals surface area (Å²) >= 11 is 0. The highest BCUT2D eigenvalue weighted by molar-refractivity contribution is 7.89. The number of sulfonamides is 1. The summed E-state index contributed by atoms with van der Waals surface area (Å²) < 4.78 is 41.2. The van der Waals surface area contributed by atoms with Gasteiger partial charge in [-0.05, 0) is 50.9 Å². The normalized spacial score (nSPS) is 18.0. The van der Waals surface area contributed by atoms with E-state index in [9.17, 15) is 12.8 Å². The summed E-state index contributed by atoms with van der Waals surface area (Å²) in [5, 5.41) is 2.83. The van der Waals surface area contributed by atoms with Gasteiger partial charge in [-0.15, -0.1) is 0 Å². The topological polar surface area (TPSA) is 58.2 Å². The molecule has 118 valence electrons. The van der Waals surface area contributed by atoms with Crippen LogP contribution in [0.3, 0.4) is 0 Å². The third-order valence-corrected chi connectivity index (χ3v) is 5.70. The van der Waals surface area contributed by atoms with Crippen molar-refractivity contribution in [2.75, 3.05) is 7.05 Å². The number of hydrogen-bond donors (Lipinski definition) is 2. The number of hydrogen-bond acceptors (Lipinski definition) is 3. The lowest BCUT2D eigenvalue weighted by molar-refractivity contribution is 0.424. The molecule has 0 saturated heterocycles. The molecule has 0 aliphatic heterocycles. The standard InChI is InChI=1S/C15H23FN2O2S/c1-11(12-5-3-4-6-12)18-21(19,20)14-7-8-15(16)13(9-14)10-17-2/h7-9,11-12,17-18H,3-6,10H2,1-2H3. The average molecular weight is 314 g/mol. The van der Waals surface area contributed by atoms with Crippen LogP contribution in [0.4, 0.5) is 4.39 Å². The Balaban J connectivity index is 2.16. The van der Waals surface area contributed by atoms with Crippen molar-refractivity contribution in [3.8, 4) is 0 Å². The minimum absolute atomic E-state index is 0.0877. The van der Waals surface area contributed by atoms with Crippen LogP contribution in [0, 0.1) is 11.7 Å². The maximum absolute atomic E-state index is 13.6. The molecule has 2 N–H and O–H groups in total. The van der Waals surface area contributed by atoms with Gasteiger partial charge in [0, 0.05) is 18.2 Å². The van der Waals surface area contributed by atoms with Crippen molar-refractivity contribution < 1.29 is 12.8 Å². The number of nitrogens with one attached hydrogen (secondary N) is 2. The lowest BCUT2D eigenvalue weighted by atomic mass is 10.0. The first-order valence-electron chi connectivity index (χ1n) is 7.39. The summed E-state index contributed by atoms with van der Waals surface area (Å²) in [5.41, 5.74) is 0.355. The van der Waals surface area contributed by atoms with Crippen molar-refractivity contribution in [2.45, 2.75) is 50.1 Å². The van der Waals surface area contributed by atoms with Crippen LogP contribution in [0.1, 0.15) is 38.2 Å². The van der Waals surface area contributed by atoms with Gasteiger partial charge in [0.25, 0.3) is 0 Å². The van der Waals surface area contributed by atoms with Gasteiger partial charge in [0.05, 0.1) is 4.90 Å². The Bertz CT molecular complexity index is 583. The molecule has 1 atom stereocenters. The SMILES string of the molecule is CNCc1cc(S(=O)(=O)NC(C)C2CCCC2)ccc1F. The van der Waals surface area contributed by atoms with Crippen LogP contribution in [0.5, 0.6) is 0 Å². The molecule has 1 fully saturated rings. The van der Waals surface area contributed by atoms with E-state index in [0.29, 0.717) is 18.0 Å². The van der Waals surface area contributed by atoms with E-state index < -0.39 is 15.8 Å². The molecule has 1 saturated carbocycles. The lowest BCUT2D eigenvalue weighted by Crippen LogP contribution is -2.37. The van der Waals surface area contributed by atoms with Crippen LogP contribution in [0.15, 0.2) is 23.1 Å². The number of halogens is 1. The molecule has 0 amide bonds. The van der Waals surface area contributed by atoms with Gasteiger partial charge >= 0.3 is 0 Å². The minimum atomic E-state index is -3.60. The summed E-state index contributed by atoms with van der Waals surface area (Å²) in [6.07, 6.45) is 4.47. The first-order chi connectivity index (χ1) is 9.94. The Labute approximate surface area is 126 Å². The van der Waals surface area contributed by atoms with Gasteiger partial charge in [-0.3, -0.25) is 0 Å². The Morgan fingerprint density at radius 2 is 2.00 bits per heavy atom. The van der Waals surface area contributed by atoms with E-state index in [1.54, 1.807) is 7.05 Å². The van der Waals surface area contributed by atoms with Crippen molar-refractivity contribution in [3.05, 3.63) is 29.6 Å². The molecule has 4 nitrogen and oxygen atoms in total. The summed E-state index contributed by atoms with van der Waals surface area (Å²) in [5.74, 6) is 0.00384. The molecule has 1 unspecified atom stereocenters. The van der Waals surface area contributed by atoms with Crippen molar-refractivity contribution >= 4 is 10.0 Å². The fourth-order valence-electron chi connectivity index (χ4n) is 2.91. The van der Waals surface area contributed by atoms with Crippen molar-refractivity contribution in [1.82, 2.24) is 10.0 Å². The second kappa shape index (κ2) is 6.85. The van der Waals surface area contributed by atoms with Gasteiger partial charge < -0.3 is 5.32 Å². The van der Waals surface area contributed by atoms with Gasteiger partial charge in [0.15, 0.2) is 0 Å². The maximum Gasteiger partial charge on any atom is 0.240 e. The Hall–Kier alpha value is -0.980. The third-order valence-electron chi connectivity index (χ3n) is 4.14. The highest BCUT2D eigenvalue weighted by atomic mass is 32.2. The summed E-state index contributed by atoms with van der Waals surface area (Å²) in [6, 6.07) is 3.84. The highest BCUT2D eigenvalue weighted by Crippen LogP contribution is 2.28. The van der Waals surface area contributed by atoms with E-state index in [4.69, 9.17) is 0 Å². The molecule has 1 aliphatic rings. The number of benzene rings is 1. The van der Waals surface area contributed by atoms with Crippen LogP contribution in [0.25, 0.3) is 0 Å². The Morgan fingerprint density at radius 3 is 2.62 bits per heavy atom. The van der Waals surface area contributed by atoms with Crippen molar-refractivity contribution in [1.29, 1.82) is 0 Å². The molecule has 0 aromatic heterocycles. The number of rotatable bonds is 6. The first-order valence-corrected chi connectivity index (χ1v) is 8.87. The molecule has 0 radical (unpaired) electrons. The molecule has 6 heteroatoms. The molecule has 1 aliphatic carbocycles. The predicted molar refractivity (Wildman–Crippen MR) is 80.9 cm³/mol. The molecule has 1 aromatic carbocycles. The second-order valence-electron chi connectivity index (χ2n) is 5.74. The molecule has 1 aromatic rings. The summed E-state index contributed by atoms with van der Waals surface area (Å²) in [6.45, 7) is 2.21. The first kappa shape index (κ1) is 16.4. The predicted octanol–water partition coefficient (Wildman–Crippen LogP) is 2.40. The zero-order valence-electron chi connectivity index (χ0n) is 12.5. The molecule has 0 heterocycles. The van der Waals surface area contributed by atoms with Crippen LogP contribution in [0.2, 0.25) is 0 Å². The zero-order valence-corrected chi connectivity index (χ0v) is 13.3. The highest BCUT2D eigenvalue weighted by Gasteiger charge is 2.26. The zero-order chi connectivity index (χ0) is 15.5. The van der Waals surface area contributed by atoms with Crippen LogP contribution in [-0.2, 0) is 16.6 Å². The van der Waals surface area contributed by atoms with Gasteiger partial charge in [-0.1, -0.05) is 12.8 Å². The average Bonchev–Trinajstić information content (AvgIpc) is 2.95. The van der Waals surface area contributed by atoms with E-state index in [0.717, 1.165) is 12.8 Å². The summed E-state index contributed by atoms with van der Waals surface area (Å²) in [7, 11) is -1.90. The molecule has 2 rings (SSSR count). The van der Waals surface area contributed by atoms with Gasteiger partial charge in [-0.2, -0.15) is 0 Å². The quantitative estimate of drug-likeness (QED) is 0.848. The monoisotopic (exact) mass is 314 g/mol. The fraction of sp³-hybridized carbons (Fsp3) is 0.600. The lowest BCUT2D eigenvalue weighted by Gasteiger charge is -2.20. The Kier molecular flexibility index (Phi) is 5.35. The Morgan fingerprint density at radius 1 is 1.33 bits per heavy atom. The second-order valence-corrected chi connectivity index (χ2v) is 7.45. The van der Waals surface area contributed by atoms with E-state index in [2.05, 4.69) is 10.0 Å². The van der Waals surface area contributed by atoms with Gasteiger partial charge in [-0.25, -0.2) is 17.5 Å². The van der Waals surface area contributed by atoms with E-state index in [-0.39, 0.29) is 10.9 Å². The molecule has 21 heavy (non-hydrogen) atoms. The van der Waals surface area contributed by atoms with Gasteiger partial charge in [0.1, 0.15) is 5.82 Å². The van der Waals surface area contributed by atoms with E-state index >= 15 is 0 Å². The molecule has 0 spiro atoms. The largest absolute Gasteiger partial charge is 0.316 e. The van der Waals surface area contributed by atoms with Crippen molar-refractivity contribution in [2.24, 2.45) is 5.92 Å². The maximum atomic E-state index is 13.6. The van der Waals surface area contributed by atoms with E-state index in [1.807, 2.05) is 6.92 Å². The van der Waals surface area contributed by atoms with Crippen LogP contribution in [-0.4, -0.2) is 21.5 Å². The summed E-state index contributed by atoms with van der Waals surface area (Å²) in [4.78, 5) is 0.124. The van der Waals surface area contributed by atoms with Crippen molar-refractivity contribution in [3.63, 3.8) is 0 Å². The molecular weight excluding hydrogens is 291 g/mol. The fourth-order valence-corrected chi connectivity index (χ4v) is 4.27. The van der Waals surface area contributed by atoms with Gasteiger partial charge in [0.2, 0.25) is 10.0 Å². The molecular formula is C15H23FN2O2S. The minimum Gasteiger partial charge on any atom is -0.316 e. The van der Waals surface area contributed by atoms with Crippen LogP contribution < -0.4 is 10.0 Å². The molecule has 0 bridgehead atoms.